The van der Waals surface area contributed by atoms with E-state index in [1.165, 1.54) is 31.0 Å². The van der Waals surface area contributed by atoms with Crippen molar-refractivity contribution in [2.45, 2.75) is 13.5 Å². The number of alkyl halides is 2. The summed E-state index contributed by atoms with van der Waals surface area (Å²) in [6.45, 7) is -1.47. The molecule has 7 nitrogen and oxygen atoms in total. The summed E-state index contributed by atoms with van der Waals surface area (Å²) >= 11 is 0. The van der Waals surface area contributed by atoms with E-state index in [4.69, 9.17) is 5.11 Å². The number of hydrogen-bond acceptors (Lipinski definition) is 4. The van der Waals surface area contributed by atoms with E-state index in [2.05, 4.69) is 15.0 Å². The van der Waals surface area contributed by atoms with Crippen molar-refractivity contribution in [2.75, 3.05) is 18.9 Å². The Kier molecular flexibility index (Phi) is 5.82. The number of aromatic nitrogens is 1. The van der Waals surface area contributed by atoms with Gasteiger partial charge in [-0.15, -0.1) is 0 Å². The fraction of sp³-hybridized carbons (Fsp3) is 0.417. The molecule has 9 heteroatoms. The number of amides is 2. The number of halogens is 2. The molecule has 0 bridgehead atoms. The Balaban J connectivity index is 2.56. The summed E-state index contributed by atoms with van der Waals surface area (Å²) in [7, 11) is 1.44. The lowest BCUT2D eigenvalue weighted by Crippen LogP contribution is -2.36. The van der Waals surface area contributed by atoms with Crippen LogP contribution in [0.1, 0.15) is 6.92 Å². The Morgan fingerprint density at radius 2 is 2.14 bits per heavy atom. The van der Waals surface area contributed by atoms with Crippen molar-refractivity contribution < 1.29 is 28.2 Å². The van der Waals surface area contributed by atoms with Gasteiger partial charge >= 0.3 is 18.6 Å². The molecule has 21 heavy (non-hydrogen) atoms. The number of pyridine rings is 1. The van der Waals surface area contributed by atoms with Crippen LogP contribution < -0.4 is 10.1 Å². The third-order valence-electron chi connectivity index (χ3n) is 2.51. The summed E-state index contributed by atoms with van der Waals surface area (Å²) in [5.41, 5.74) is 0.274. The zero-order chi connectivity index (χ0) is 16.0. The molecule has 0 aliphatic rings. The summed E-state index contributed by atoms with van der Waals surface area (Å²) in [6.07, 6.45) is 1.16. The number of urea groups is 1. The number of carbonyl (C=O) groups excluding carboxylic acids is 1. The molecular formula is C12H15F2N3O4. The quantitative estimate of drug-likeness (QED) is 0.837. The van der Waals surface area contributed by atoms with Gasteiger partial charge in [0.15, 0.2) is 0 Å². The van der Waals surface area contributed by atoms with Crippen LogP contribution in [0.4, 0.5) is 19.3 Å². The number of hydrogen-bond donors (Lipinski definition) is 2. The van der Waals surface area contributed by atoms with Crippen molar-refractivity contribution in [2.24, 2.45) is 5.92 Å². The normalized spacial score (nSPS) is 11.9. The second-order valence-electron chi connectivity index (χ2n) is 4.31. The molecule has 1 heterocycles. The van der Waals surface area contributed by atoms with Crippen LogP contribution in [0.15, 0.2) is 18.3 Å². The molecular weight excluding hydrogens is 288 g/mol. The molecule has 0 aromatic carbocycles. The second kappa shape index (κ2) is 7.36. The van der Waals surface area contributed by atoms with Crippen molar-refractivity contribution in [3.8, 4) is 5.88 Å². The molecule has 0 radical (unpaired) electrons. The Bertz CT molecular complexity index is 496. The minimum Gasteiger partial charge on any atom is -0.481 e. The lowest BCUT2D eigenvalue weighted by Gasteiger charge is -2.19. The first-order chi connectivity index (χ1) is 9.79. The Morgan fingerprint density at radius 3 is 2.62 bits per heavy atom. The minimum absolute atomic E-state index is 0.0289. The van der Waals surface area contributed by atoms with Gasteiger partial charge in [0, 0.05) is 19.7 Å². The highest BCUT2D eigenvalue weighted by atomic mass is 19.3. The summed E-state index contributed by atoms with van der Waals surface area (Å²) in [5.74, 6) is -1.98. The Hall–Kier alpha value is -2.45. The second-order valence-corrected chi connectivity index (χ2v) is 4.31. The summed E-state index contributed by atoms with van der Waals surface area (Å²) < 4.78 is 27.9. The molecule has 1 rings (SSSR count). The monoisotopic (exact) mass is 303 g/mol. The van der Waals surface area contributed by atoms with Crippen molar-refractivity contribution in [1.82, 2.24) is 9.88 Å². The van der Waals surface area contributed by atoms with Crippen LogP contribution in [0, 0.1) is 5.92 Å². The molecule has 1 aromatic heterocycles. The van der Waals surface area contributed by atoms with Gasteiger partial charge in [-0.25, -0.2) is 9.78 Å². The first-order valence-corrected chi connectivity index (χ1v) is 5.95. The Morgan fingerprint density at radius 1 is 1.48 bits per heavy atom. The van der Waals surface area contributed by atoms with Crippen LogP contribution in [0.3, 0.4) is 0 Å². The average molecular weight is 303 g/mol. The molecule has 2 amide bonds. The van der Waals surface area contributed by atoms with Gasteiger partial charge < -0.3 is 20.1 Å². The van der Waals surface area contributed by atoms with Crippen LogP contribution in [0.25, 0.3) is 0 Å². The van der Waals surface area contributed by atoms with Crippen molar-refractivity contribution >= 4 is 17.7 Å². The molecule has 1 unspecified atom stereocenters. The van der Waals surface area contributed by atoms with E-state index < -0.39 is 24.5 Å². The number of nitrogens with zero attached hydrogens (tertiary/aromatic N) is 2. The van der Waals surface area contributed by atoms with E-state index in [0.29, 0.717) is 0 Å². The van der Waals surface area contributed by atoms with Gasteiger partial charge in [0.2, 0.25) is 5.88 Å². The first kappa shape index (κ1) is 16.6. The maximum Gasteiger partial charge on any atom is 0.388 e. The average Bonchev–Trinajstić information content (AvgIpc) is 2.40. The third-order valence-corrected chi connectivity index (χ3v) is 2.51. The minimum atomic E-state index is -2.97. The van der Waals surface area contributed by atoms with Crippen molar-refractivity contribution in [1.29, 1.82) is 0 Å². The van der Waals surface area contributed by atoms with E-state index in [-0.39, 0.29) is 18.1 Å². The lowest BCUT2D eigenvalue weighted by atomic mass is 10.2. The number of rotatable bonds is 6. The van der Waals surface area contributed by atoms with Crippen LogP contribution in [-0.4, -0.2) is 47.2 Å². The lowest BCUT2D eigenvalue weighted by molar-refractivity contribution is -0.141. The highest BCUT2D eigenvalue weighted by molar-refractivity contribution is 5.89. The molecule has 0 saturated heterocycles. The largest absolute Gasteiger partial charge is 0.481 e. The highest BCUT2D eigenvalue weighted by Crippen LogP contribution is 2.14. The predicted octanol–water partition coefficient (Wildman–Crippen LogP) is 1.87. The zero-order valence-electron chi connectivity index (χ0n) is 11.4. The van der Waals surface area contributed by atoms with Gasteiger partial charge in [-0.2, -0.15) is 8.78 Å². The smallest absolute Gasteiger partial charge is 0.388 e. The molecule has 0 fully saturated rings. The third kappa shape index (κ3) is 5.59. The molecule has 0 saturated carbocycles. The van der Waals surface area contributed by atoms with Gasteiger partial charge in [0.1, 0.15) is 0 Å². The molecule has 1 aromatic rings. The van der Waals surface area contributed by atoms with E-state index in [0.717, 1.165) is 6.20 Å². The van der Waals surface area contributed by atoms with E-state index in [1.807, 2.05) is 0 Å². The van der Waals surface area contributed by atoms with Crippen LogP contribution in [0.2, 0.25) is 0 Å². The first-order valence-electron chi connectivity index (χ1n) is 5.95. The molecule has 116 valence electrons. The van der Waals surface area contributed by atoms with E-state index in [1.54, 1.807) is 0 Å². The number of carboxylic acids is 1. The van der Waals surface area contributed by atoms with E-state index >= 15 is 0 Å². The molecule has 1 atom stereocenters. The highest BCUT2D eigenvalue weighted by Gasteiger charge is 2.17. The predicted molar refractivity (Wildman–Crippen MR) is 69.3 cm³/mol. The van der Waals surface area contributed by atoms with Crippen molar-refractivity contribution in [3.63, 3.8) is 0 Å². The summed E-state index contributed by atoms with van der Waals surface area (Å²) in [4.78, 5) is 27.3. The standard InChI is InChI=1S/C12H15F2N3O4/c1-7(10(18)19)6-17(2)12(20)16-8-3-4-9(15-5-8)21-11(13)14/h3-5,7,11H,6H2,1-2H3,(H,16,20)(H,18,19). The van der Waals surface area contributed by atoms with Crippen molar-refractivity contribution in [3.05, 3.63) is 18.3 Å². The maximum atomic E-state index is 11.9. The van der Waals surface area contributed by atoms with E-state index in [9.17, 15) is 18.4 Å². The Labute approximate surface area is 119 Å². The molecule has 2 N–H and O–H groups in total. The number of anilines is 1. The zero-order valence-corrected chi connectivity index (χ0v) is 11.4. The van der Waals surface area contributed by atoms with Gasteiger partial charge in [0.05, 0.1) is 17.8 Å². The fourth-order valence-electron chi connectivity index (χ4n) is 1.41. The number of carboxylic acid groups (broad SMARTS) is 1. The topological polar surface area (TPSA) is 91.8 Å². The number of aliphatic carboxylic acids is 1. The summed E-state index contributed by atoms with van der Waals surface area (Å²) in [5, 5.41) is 11.2. The molecule has 0 aliphatic carbocycles. The summed E-state index contributed by atoms with van der Waals surface area (Å²) in [6, 6.07) is 1.99. The number of ether oxygens (including phenoxy) is 1. The van der Waals surface area contributed by atoms with Crippen LogP contribution in [0.5, 0.6) is 5.88 Å². The van der Waals surface area contributed by atoms with Gasteiger partial charge in [-0.3, -0.25) is 4.79 Å². The maximum absolute atomic E-state index is 11.9. The fourth-order valence-corrected chi connectivity index (χ4v) is 1.41. The molecule has 0 aliphatic heterocycles. The van der Waals surface area contributed by atoms with Crippen LogP contribution >= 0.6 is 0 Å². The SMILES string of the molecule is CC(CN(C)C(=O)Nc1ccc(OC(F)F)nc1)C(=O)O. The number of nitrogens with one attached hydrogen (secondary N) is 1. The van der Waals surface area contributed by atoms with Gasteiger partial charge in [-0.05, 0) is 6.07 Å². The molecule has 0 spiro atoms. The van der Waals surface area contributed by atoms with Gasteiger partial charge in [0.25, 0.3) is 0 Å². The van der Waals surface area contributed by atoms with Gasteiger partial charge in [-0.1, -0.05) is 6.92 Å². The van der Waals surface area contributed by atoms with Crippen LogP contribution in [-0.2, 0) is 4.79 Å². The number of carbonyl (C=O) groups is 2.